The van der Waals surface area contributed by atoms with Crippen LogP contribution in [0.25, 0.3) is 0 Å². The van der Waals surface area contributed by atoms with Crippen molar-refractivity contribution in [3.05, 3.63) is 56.0 Å². The molecule has 9 nitrogen and oxygen atoms in total. The van der Waals surface area contributed by atoms with E-state index in [9.17, 15) is 23.6 Å². The second-order valence-corrected chi connectivity index (χ2v) is 5.61. The Hall–Kier alpha value is -3.43. The van der Waals surface area contributed by atoms with E-state index in [0.717, 1.165) is 4.57 Å². The fourth-order valence-electron chi connectivity index (χ4n) is 2.29. The van der Waals surface area contributed by atoms with E-state index < -0.39 is 41.1 Å². The summed E-state index contributed by atoms with van der Waals surface area (Å²) < 4.78 is 15.8. The number of aromatic nitrogens is 2. The van der Waals surface area contributed by atoms with E-state index in [0.29, 0.717) is 10.1 Å². The molecule has 0 radical (unpaired) electrons. The Labute approximate surface area is 146 Å². The number of carbonyl (C=O) groups excluding carboxylic acids is 1. The van der Waals surface area contributed by atoms with Gasteiger partial charge in [-0.1, -0.05) is 6.07 Å². The third-order valence-corrected chi connectivity index (χ3v) is 3.67. The van der Waals surface area contributed by atoms with Crippen LogP contribution in [-0.4, -0.2) is 32.7 Å². The quantitative estimate of drug-likeness (QED) is 0.691. The van der Waals surface area contributed by atoms with Gasteiger partial charge in [0.05, 0.1) is 5.69 Å². The van der Waals surface area contributed by atoms with Gasteiger partial charge in [0.25, 0.3) is 11.5 Å². The number of carbonyl (C=O) groups is 2. The molecule has 0 aliphatic heterocycles. The average Bonchev–Trinajstić information content (AvgIpc) is 2.58. The molecule has 0 saturated carbocycles. The fraction of sp³-hybridized carbons (Fsp3) is 0.250. The van der Waals surface area contributed by atoms with Crippen molar-refractivity contribution in [1.82, 2.24) is 14.5 Å². The first-order chi connectivity index (χ1) is 12.1. The maximum absolute atomic E-state index is 14.1. The largest absolute Gasteiger partial charge is 0.480 e. The maximum atomic E-state index is 14.1. The zero-order valence-corrected chi connectivity index (χ0v) is 14.3. The Kier molecular flexibility index (Phi) is 5.24. The second kappa shape index (κ2) is 7.21. The lowest BCUT2D eigenvalue weighted by atomic mass is 10.2. The highest BCUT2D eigenvalue weighted by Gasteiger charge is 2.23. The first kappa shape index (κ1) is 18.9. The van der Waals surface area contributed by atoms with Crippen LogP contribution in [0.4, 0.5) is 15.9 Å². The van der Waals surface area contributed by atoms with Gasteiger partial charge in [-0.3, -0.25) is 23.5 Å². The van der Waals surface area contributed by atoms with Crippen molar-refractivity contribution >= 4 is 23.4 Å². The molecule has 1 amide bonds. The van der Waals surface area contributed by atoms with Crippen molar-refractivity contribution < 1.29 is 19.1 Å². The highest BCUT2D eigenvalue weighted by molar-refractivity contribution is 6.00. The van der Waals surface area contributed by atoms with Gasteiger partial charge in [-0.2, -0.15) is 0 Å². The van der Waals surface area contributed by atoms with Crippen LogP contribution < -0.4 is 21.9 Å². The van der Waals surface area contributed by atoms with Gasteiger partial charge < -0.3 is 15.7 Å². The standard InChI is InChI=1S/C16H17FN4O5/c1-8-4-5-10(9(17)6-8)19-13-12(14(24)18-7-11(22)23)15(25)21(3)16(26)20(13)2/h4-6,19H,7H2,1-3H3,(H,18,24)(H,22,23). The highest BCUT2D eigenvalue weighted by Crippen LogP contribution is 2.21. The number of nitrogens with one attached hydrogen (secondary N) is 2. The number of aryl methyl sites for hydroxylation is 1. The normalized spacial score (nSPS) is 10.5. The monoisotopic (exact) mass is 364 g/mol. The number of nitrogens with zero attached hydrogens (tertiary/aromatic N) is 2. The number of hydrogen-bond donors (Lipinski definition) is 3. The van der Waals surface area contributed by atoms with E-state index >= 15 is 0 Å². The minimum atomic E-state index is -1.31. The number of amides is 1. The number of anilines is 2. The van der Waals surface area contributed by atoms with Gasteiger partial charge in [0.2, 0.25) is 0 Å². The SMILES string of the molecule is Cc1ccc(Nc2c(C(=O)NCC(=O)O)c(=O)n(C)c(=O)n2C)c(F)c1. The van der Waals surface area contributed by atoms with E-state index in [-0.39, 0.29) is 11.5 Å². The lowest BCUT2D eigenvalue weighted by molar-refractivity contribution is -0.135. The number of benzene rings is 1. The minimum absolute atomic E-state index is 0.0499. The van der Waals surface area contributed by atoms with Crippen molar-refractivity contribution in [3.8, 4) is 0 Å². The van der Waals surface area contributed by atoms with E-state index in [1.54, 1.807) is 13.0 Å². The van der Waals surface area contributed by atoms with Crippen LogP contribution in [0.2, 0.25) is 0 Å². The molecule has 0 atom stereocenters. The van der Waals surface area contributed by atoms with Crippen molar-refractivity contribution in [1.29, 1.82) is 0 Å². The lowest BCUT2D eigenvalue weighted by Gasteiger charge is -2.17. The summed E-state index contributed by atoms with van der Waals surface area (Å²) in [5.74, 6) is -3.20. The first-order valence-electron chi connectivity index (χ1n) is 7.46. The molecule has 0 aliphatic rings. The summed E-state index contributed by atoms with van der Waals surface area (Å²) in [6, 6.07) is 4.24. The van der Waals surface area contributed by atoms with Crippen molar-refractivity contribution in [2.24, 2.45) is 14.1 Å². The molecule has 3 N–H and O–H groups in total. The molecule has 10 heteroatoms. The molecule has 0 saturated heterocycles. The Bertz CT molecular complexity index is 1010. The summed E-state index contributed by atoms with van der Waals surface area (Å²) >= 11 is 0. The number of halogens is 1. The van der Waals surface area contributed by atoms with Crippen LogP contribution >= 0.6 is 0 Å². The van der Waals surface area contributed by atoms with Crippen molar-refractivity contribution in [3.63, 3.8) is 0 Å². The first-order valence-corrected chi connectivity index (χ1v) is 7.46. The molecule has 1 aromatic carbocycles. The van der Waals surface area contributed by atoms with Crippen LogP contribution in [0.1, 0.15) is 15.9 Å². The van der Waals surface area contributed by atoms with Crippen molar-refractivity contribution in [2.75, 3.05) is 11.9 Å². The molecule has 0 bridgehead atoms. The Balaban J connectivity index is 2.63. The fourth-order valence-corrected chi connectivity index (χ4v) is 2.29. The summed E-state index contributed by atoms with van der Waals surface area (Å²) in [4.78, 5) is 47.5. The Morgan fingerprint density at radius 2 is 1.85 bits per heavy atom. The van der Waals surface area contributed by atoms with Gasteiger partial charge in [-0.25, -0.2) is 9.18 Å². The zero-order valence-electron chi connectivity index (χ0n) is 14.3. The third kappa shape index (κ3) is 3.63. The number of hydrogen-bond acceptors (Lipinski definition) is 5. The topological polar surface area (TPSA) is 122 Å². The molecule has 138 valence electrons. The third-order valence-electron chi connectivity index (χ3n) is 3.67. The molecule has 0 unspecified atom stereocenters. The maximum Gasteiger partial charge on any atom is 0.332 e. The average molecular weight is 364 g/mol. The summed E-state index contributed by atoms with van der Waals surface area (Å²) in [6.45, 7) is 0.967. The summed E-state index contributed by atoms with van der Waals surface area (Å²) in [5, 5.41) is 13.3. The summed E-state index contributed by atoms with van der Waals surface area (Å²) in [7, 11) is 2.47. The van der Waals surface area contributed by atoms with Crippen LogP contribution in [0.15, 0.2) is 27.8 Å². The molecule has 2 rings (SSSR count). The molecular formula is C16H17FN4O5. The van der Waals surface area contributed by atoms with Crippen LogP contribution in [-0.2, 0) is 18.9 Å². The molecule has 26 heavy (non-hydrogen) atoms. The van der Waals surface area contributed by atoms with Gasteiger partial charge in [0.1, 0.15) is 23.7 Å². The number of carboxylic acid groups (broad SMARTS) is 1. The summed E-state index contributed by atoms with van der Waals surface area (Å²) in [6.07, 6.45) is 0. The van der Waals surface area contributed by atoms with Gasteiger partial charge >= 0.3 is 11.7 Å². The molecular weight excluding hydrogens is 347 g/mol. The number of aliphatic carboxylic acids is 1. The van der Waals surface area contributed by atoms with E-state index in [2.05, 4.69) is 10.6 Å². The predicted octanol–water partition coefficient (Wildman–Crippen LogP) is 0.0895. The van der Waals surface area contributed by atoms with E-state index in [1.165, 1.54) is 26.2 Å². The molecule has 0 aliphatic carbocycles. The van der Waals surface area contributed by atoms with Crippen molar-refractivity contribution in [2.45, 2.75) is 6.92 Å². The molecule has 0 fully saturated rings. The van der Waals surface area contributed by atoms with Gasteiger partial charge in [-0.05, 0) is 24.6 Å². The van der Waals surface area contributed by atoms with Gasteiger partial charge in [0.15, 0.2) is 0 Å². The van der Waals surface area contributed by atoms with Crippen LogP contribution in [0.3, 0.4) is 0 Å². The minimum Gasteiger partial charge on any atom is -0.480 e. The van der Waals surface area contributed by atoms with E-state index in [4.69, 9.17) is 5.11 Å². The number of rotatable bonds is 5. The molecule has 2 aromatic rings. The number of carboxylic acids is 1. The molecule has 1 aromatic heterocycles. The Morgan fingerprint density at radius 3 is 2.42 bits per heavy atom. The predicted molar refractivity (Wildman–Crippen MR) is 91.3 cm³/mol. The molecule has 1 heterocycles. The van der Waals surface area contributed by atoms with Gasteiger partial charge in [-0.15, -0.1) is 0 Å². The van der Waals surface area contributed by atoms with Crippen LogP contribution in [0.5, 0.6) is 0 Å². The van der Waals surface area contributed by atoms with Gasteiger partial charge in [0, 0.05) is 14.1 Å². The smallest absolute Gasteiger partial charge is 0.332 e. The second-order valence-electron chi connectivity index (χ2n) is 5.61. The summed E-state index contributed by atoms with van der Waals surface area (Å²) in [5.41, 5.74) is -1.57. The highest BCUT2D eigenvalue weighted by atomic mass is 19.1. The Morgan fingerprint density at radius 1 is 1.19 bits per heavy atom. The van der Waals surface area contributed by atoms with Crippen LogP contribution in [0, 0.1) is 12.7 Å². The molecule has 0 spiro atoms. The zero-order chi connectivity index (χ0) is 19.6. The lowest BCUT2D eigenvalue weighted by Crippen LogP contribution is -2.44. The van der Waals surface area contributed by atoms with E-state index in [1.807, 2.05) is 0 Å².